The molecule has 2 unspecified atom stereocenters. The molecular weight excluding hydrogens is 218 g/mol. The van der Waals surface area contributed by atoms with Crippen LogP contribution < -0.4 is 5.32 Å². The summed E-state index contributed by atoms with van der Waals surface area (Å²) < 4.78 is 11.2. The summed E-state index contributed by atoms with van der Waals surface area (Å²) in [5.41, 5.74) is 0. The van der Waals surface area contributed by atoms with Crippen molar-refractivity contribution in [3.05, 3.63) is 11.8 Å². The van der Waals surface area contributed by atoms with Gasteiger partial charge in [0.15, 0.2) is 0 Å². The van der Waals surface area contributed by atoms with Crippen LogP contribution in [0.1, 0.15) is 63.5 Å². The molecule has 0 aromatic carbocycles. The van der Waals surface area contributed by atoms with Gasteiger partial charge in [-0.1, -0.05) is 13.8 Å². The first kappa shape index (κ1) is 12.5. The highest BCUT2D eigenvalue weighted by Gasteiger charge is 2.25. The van der Waals surface area contributed by atoms with Crippen LogP contribution >= 0.6 is 0 Å². The first-order chi connectivity index (χ1) is 8.35. The van der Waals surface area contributed by atoms with E-state index in [2.05, 4.69) is 29.4 Å². The minimum Gasteiger partial charge on any atom is -0.421 e. The second-order valence-corrected chi connectivity index (χ2v) is 4.40. The van der Waals surface area contributed by atoms with Gasteiger partial charge >= 0.3 is 0 Å². The number of hydrogen-bond acceptors (Lipinski definition) is 5. The molecule has 0 aliphatic carbocycles. The summed E-state index contributed by atoms with van der Waals surface area (Å²) in [5, 5.41) is 11.6. The smallest absolute Gasteiger partial charge is 0.245 e. The van der Waals surface area contributed by atoms with Gasteiger partial charge in [-0.2, -0.15) is 0 Å². The second-order valence-electron chi connectivity index (χ2n) is 4.40. The normalized spacial score (nSPS) is 21.9. The van der Waals surface area contributed by atoms with Gasteiger partial charge in [-0.25, -0.2) is 0 Å². The monoisotopic (exact) mass is 239 g/mol. The molecule has 0 bridgehead atoms. The third-order valence-electron chi connectivity index (χ3n) is 3.01. The highest BCUT2D eigenvalue weighted by atomic mass is 16.5. The molecule has 17 heavy (non-hydrogen) atoms. The number of hydrogen-bond donors (Lipinski definition) is 1. The molecule has 5 heteroatoms. The zero-order valence-corrected chi connectivity index (χ0v) is 10.6. The predicted octanol–water partition coefficient (Wildman–Crippen LogP) is 2.37. The lowest BCUT2D eigenvalue weighted by atomic mass is 10.2. The third-order valence-corrected chi connectivity index (χ3v) is 3.01. The topological polar surface area (TPSA) is 60.2 Å². The van der Waals surface area contributed by atoms with Gasteiger partial charge < -0.3 is 14.5 Å². The van der Waals surface area contributed by atoms with Crippen molar-refractivity contribution in [2.24, 2.45) is 0 Å². The number of nitrogens with one attached hydrogen (secondary N) is 1. The van der Waals surface area contributed by atoms with E-state index >= 15 is 0 Å². The van der Waals surface area contributed by atoms with Crippen LogP contribution in [0.25, 0.3) is 0 Å². The Morgan fingerprint density at radius 1 is 1.41 bits per heavy atom. The lowest BCUT2D eigenvalue weighted by molar-refractivity contribution is 0.0873. The van der Waals surface area contributed by atoms with Gasteiger partial charge in [0.1, 0.15) is 6.10 Å². The molecule has 1 aliphatic heterocycles. The summed E-state index contributed by atoms with van der Waals surface area (Å²) in [5.74, 6) is 1.32. The standard InChI is InChI=1S/C12H21N3O2/c1-3-7-13-9(4-2)11-14-15-12(17-11)10-6-5-8-16-10/h9-10,13H,3-8H2,1-2H3. The van der Waals surface area contributed by atoms with Crippen molar-refractivity contribution in [2.75, 3.05) is 13.2 Å². The van der Waals surface area contributed by atoms with Crippen molar-refractivity contribution in [2.45, 2.75) is 51.7 Å². The summed E-state index contributed by atoms with van der Waals surface area (Å²) >= 11 is 0. The fourth-order valence-corrected chi connectivity index (χ4v) is 2.01. The molecule has 0 saturated carbocycles. The maximum absolute atomic E-state index is 5.71. The molecule has 0 radical (unpaired) electrons. The van der Waals surface area contributed by atoms with Crippen LogP contribution in [0.2, 0.25) is 0 Å². The van der Waals surface area contributed by atoms with Gasteiger partial charge in [0.25, 0.3) is 0 Å². The number of nitrogens with zero attached hydrogens (tertiary/aromatic N) is 2. The van der Waals surface area contributed by atoms with Crippen molar-refractivity contribution in [1.82, 2.24) is 15.5 Å². The second kappa shape index (κ2) is 6.12. The largest absolute Gasteiger partial charge is 0.421 e. The molecule has 96 valence electrons. The Morgan fingerprint density at radius 3 is 2.94 bits per heavy atom. The van der Waals surface area contributed by atoms with E-state index in [-0.39, 0.29) is 12.1 Å². The van der Waals surface area contributed by atoms with Gasteiger partial charge in [-0.3, -0.25) is 0 Å². The first-order valence-electron chi connectivity index (χ1n) is 6.53. The van der Waals surface area contributed by atoms with E-state index in [0.29, 0.717) is 11.8 Å². The fraction of sp³-hybridized carbons (Fsp3) is 0.833. The molecule has 0 amide bonds. The highest BCUT2D eigenvalue weighted by Crippen LogP contribution is 2.28. The summed E-state index contributed by atoms with van der Waals surface area (Å²) in [4.78, 5) is 0. The van der Waals surface area contributed by atoms with Crippen molar-refractivity contribution >= 4 is 0 Å². The molecule has 2 heterocycles. The van der Waals surface area contributed by atoms with E-state index in [1.807, 2.05) is 0 Å². The molecular formula is C12H21N3O2. The van der Waals surface area contributed by atoms with E-state index < -0.39 is 0 Å². The van der Waals surface area contributed by atoms with Crippen LogP contribution in [0.5, 0.6) is 0 Å². The van der Waals surface area contributed by atoms with Crippen molar-refractivity contribution in [3.63, 3.8) is 0 Å². The highest BCUT2D eigenvalue weighted by molar-refractivity contribution is 4.93. The van der Waals surface area contributed by atoms with E-state index in [9.17, 15) is 0 Å². The van der Waals surface area contributed by atoms with Crippen molar-refractivity contribution < 1.29 is 9.15 Å². The Morgan fingerprint density at radius 2 is 2.29 bits per heavy atom. The molecule has 1 aliphatic rings. The maximum atomic E-state index is 5.71. The Labute approximate surface area is 102 Å². The van der Waals surface area contributed by atoms with Crippen LogP contribution in [-0.4, -0.2) is 23.3 Å². The number of ether oxygens (including phenoxy) is 1. The van der Waals surface area contributed by atoms with Gasteiger partial charge in [-0.05, 0) is 32.2 Å². The number of rotatable bonds is 6. The zero-order chi connectivity index (χ0) is 12.1. The average molecular weight is 239 g/mol. The number of aromatic nitrogens is 2. The Balaban J connectivity index is 1.99. The molecule has 1 aromatic heterocycles. The molecule has 2 atom stereocenters. The van der Waals surface area contributed by atoms with Gasteiger partial charge in [0.05, 0.1) is 6.04 Å². The minimum absolute atomic E-state index is 0.0138. The van der Waals surface area contributed by atoms with Crippen molar-refractivity contribution in [1.29, 1.82) is 0 Å². The Bertz CT molecular complexity index is 334. The third kappa shape index (κ3) is 3.04. The van der Waals surface area contributed by atoms with Crippen LogP contribution in [0.4, 0.5) is 0 Å². The summed E-state index contributed by atoms with van der Waals surface area (Å²) in [7, 11) is 0. The summed E-state index contributed by atoms with van der Waals surface area (Å²) in [6.07, 6.45) is 4.13. The zero-order valence-electron chi connectivity index (χ0n) is 10.6. The van der Waals surface area contributed by atoms with Crippen LogP contribution in [0.3, 0.4) is 0 Å². The van der Waals surface area contributed by atoms with E-state index in [4.69, 9.17) is 9.15 Å². The molecule has 1 fully saturated rings. The molecule has 1 N–H and O–H groups in total. The van der Waals surface area contributed by atoms with Gasteiger partial charge in [-0.15, -0.1) is 10.2 Å². The molecule has 1 aromatic rings. The summed E-state index contributed by atoms with van der Waals surface area (Å²) in [6.45, 7) is 6.03. The first-order valence-corrected chi connectivity index (χ1v) is 6.53. The molecule has 5 nitrogen and oxygen atoms in total. The van der Waals surface area contributed by atoms with E-state index in [0.717, 1.165) is 38.8 Å². The van der Waals surface area contributed by atoms with Crippen molar-refractivity contribution in [3.8, 4) is 0 Å². The SMILES string of the molecule is CCCNC(CC)c1nnc(C2CCCO2)o1. The lowest BCUT2D eigenvalue weighted by Gasteiger charge is -2.11. The van der Waals surface area contributed by atoms with Gasteiger partial charge in [0.2, 0.25) is 11.8 Å². The molecule has 2 rings (SSSR count). The summed E-state index contributed by atoms with van der Waals surface area (Å²) in [6, 6.07) is 0.164. The average Bonchev–Trinajstić information content (AvgIpc) is 3.00. The van der Waals surface area contributed by atoms with Crippen LogP contribution in [0.15, 0.2) is 4.42 Å². The Kier molecular flexibility index (Phi) is 4.50. The van der Waals surface area contributed by atoms with Crippen LogP contribution in [0, 0.1) is 0 Å². The van der Waals surface area contributed by atoms with E-state index in [1.54, 1.807) is 0 Å². The fourth-order valence-electron chi connectivity index (χ4n) is 2.01. The Hall–Kier alpha value is -0.940. The minimum atomic E-state index is 0.0138. The molecule has 0 spiro atoms. The lowest BCUT2D eigenvalue weighted by Crippen LogP contribution is -2.21. The maximum Gasteiger partial charge on any atom is 0.245 e. The predicted molar refractivity (Wildman–Crippen MR) is 63.6 cm³/mol. The van der Waals surface area contributed by atoms with Gasteiger partial charge in [0, 0.05) is 6.61 Å². The van der Waals surface area contributed by atoms with Crippen LogP contribution in [-0.2, 0) is 4.74 Å². The van der Waals surface area contributed by atoms with E-state index in [1.165, 1.54) is 0 Å². The quantitative estimate of drug-likeness (QED) is 0.825. The molecule has 1 saturated heterocycles.